The molecule has 9 nitrogen and oxygen atoms in total. The number of nitrogens with zero attached hydrogens (tertiary/aromatic N) is 4. The summed E-state index contributed by atoms with van der Waals surface area (Å²) in [4.78, 5) is 33.0. The monoisotopic (exact) mass is 402 g/mol. The maximum absolute atomic E-state index is 12.2. The molecule has 3 rings (SSSR count). The van der Waals surface area contributed by atoms with E-state index in [-0.39, 0.29) is 28.0 Å². The van der Waals surface area contributed by atoms with Gasteiger partial charge in [-0.15, -0.1) is 0 Å². The van der Waals surface area contributed by atoms with Crippen molar-refractivity contribution in [3.8, 4) is 11.4 Å². The lowest BCUT2D eigenvalue weighted by Crippen LogP contribution is -2.16. The van der Waals surface area contributed by atoms with Gasteiger partial charge in [0.2, 0.25) is 5.88 Å². The predicted molar refractivity (Wildman–Crippen MR) is 102 cm³/mol. The van der Waals surface area contributed by atoms with E-state index in [1.165, 1.54) is 24.3 Å². The molecule has 28 heavy (non-hydrogen) atoms. The molecule has 144 valence electrons. The van der Waals surface area contributed by atoms with Crippen molar-refractivity contribution in [3.05, 3.63) is 63.0 Å². The van der Waals surface area contributed by atoms with Gasteiger partial charge in [-0.05, 0) is 13.0 Å². The highest BCUT2D eigenvalue weighted by Crippen LogP contribution is 2.34. The number of furan rings is 1. The van der Waals surface area contributed by atoms with Crippen LogP contribution in [0.5, 0.6) is 0 Å². The van der Waals surface area contributed by atoms with E-state index < -0.39 is 10.9 Å². The zero-order valence-electron chi connectivity index (χ0n) is 15.2. The van der Waals surface area contributed by atoms with Crippen LogP contribution in [0.2, 0.25) is 5.02 Å². The number of hydrogen-bond acceptors (Lipinski definition) is 8. The van der Waals surface area contributed by atoms with Crippen LogP contribution in [0.1, 0.15) is 16.1 Å². The van der Waals surface area contributed by atoms with E-state index in [1.807, 2.05) is 0 Å². The van der Waals surface area contributed by atoms with Crippen molar-refractivity contribution in [2.45, 2.75) is 6.92 Å². The average molecular weight is 403 g/mol. The number of methoxy groups -OCH3 is 1. The van der Waals surface area contributed by atoms with E-state index in [0.29, 0.717) is 17.0 Å². The number of carbonyl (C=O) groups excluding carboxylic acids is 1. The quantitative estimate of drug-likeness (QED) is 0.355. The molecule has 0 unspecified atom stereocenters. The molecule has 3 aromatic rings. The van der Waals surface area contributed by atoms with Crippen molar-refractivity contribution in [1.82, 2.24) is 9.97 Å². The van der Waals surface area contributed by atoms with Crippen molar-refractivity contribution < 1.29 is 18.9 Å². The summed E-state index contributed by atoms with van der Waals surface area (Å²) in [7, 11) is 2.85. The summed E-state index contributed by atoms with van der Waals surface area (Å²) in [5.74, 6) is -0.0619. The summed E-state index contributed by atoms with van der Waals surface area (Å²) >= 11 is 6.34. The fourth-order valence-electron chi connectivity index (χ4n) is 2.53. The second kappa shape index (κ2) is 7.65. The fourth-order valence-corrected chi connectivity index (χ4v) is 2.82. The van der Waals surface area contributed by atoms with Gasteiger partial charge in [0.1, 0.15) is 5.02 Å². The summed E-state index contributed by atoms with van der Waals surface area (Å²) < 4.78 is 10.1. The lowest BCUT2D eigenvalue weighted by Gasteiger charge is -2.18. The molecule has 0 radical (unpaired) electrons. The Morgan fingerprint density at radius 3 is 2.68 bits per heavy atom. The standard InChI is InChI=1S/C18H15ClN4O5/c1-10-6-7-11(9-12(10)23(25)26)16-20-15(18(24)27-3)14(19)17(21-16)22(2)13-5-4-8-28-13/h4-9H,1-3H3. The van der Waals surface area contributed by atoms with Crippen molar-refractivity contribution >= 4 is 35.0 Å². The van der Waals surface area contributed by atoms with Crippen LogP contribution < -0.4 is 4.90 Å². The van der Waals surface area contributed by atoms with Crippen LogP contribution in [0.4, 0.5) is 17.4 Å². The zero-order chi connectivity index (χ0) is 20.4. The molecule has 2 aromatic heterocycles. The number of ether oxygens (including phenoxy) is 1. The summed E-state index contributed by atoms with van der Waals surface area (Å²) in [6.45, 7) is 1.63. The van der Waals surface area contributed by atoms with Gasteiger partial charge < -0.3 is 9.15 Å². The maximum atomic E-state index is 12.2. The molecule has 0 N–H and O–H groups in total. The third-order valence-corrected chi connectivity index (χ3v) is 4.38. The molecular formula is C18H15ClN4O5. The third kappa shape index (κ3) is 3.52. The van der Waals surface area contributed by atoms with Crippen LogP contribution in [-0.2, 0) is 4.74 Å². The molecule has 1 aromatic carbocycles. The predicted octanol–water partition coefficient (Wildman–Crippen LogP) is 4.16. The molecule has 10 heteroatoms. The molecule has 0 amide bonds. The van der Waals surface area contributed by atoms with Crippen LogP contribution in [0.15, 0.2) is 41.0 Å². The summed E-state index contributed by atoms with van der Waals surface area (Å²) in [5, 5.41) is 11.2. The number of anilines is 2. The van der Waals surface area contributed by atoms with Crippen LogP contribution in [0.3, 0.4) is 0 Å². The molecular weight excluding hydrogens is 388 g/mol. The highest BCUT2D eigenvalue weighted by Gasteiger charge is 2.24. The second-order valence-electron chi connectivity index (χ2n) is 5.79. The Bertz CT molecular complexity index is 1050. The minimum absolute atomic E-state index is 0.0314. The summed E-state index contributed by atoms with van der Waals surface area (Å²) in [6, 6.07) is 7.93. The molecule has 0 aliphatic rings. The third-order valence-electron chi connectivity index (χ3n) is 4.03. The topological polar surface area (TPSA) is 112 Å². The number of halogens is 1. The Balaban J connectivity index is 2.22. The first-order chi connectivity index (χ1) is 13.3. The van der Waals surface area contributed by atoms with Crippen LogP contribution in [0, 0.1) is 17.0 Å². The number of esters is 1. The molecule has 0 spiro atoms. The smallest absolute Gasteiger partial charge is 0.358 e. The number of aryl methyl sites for hydroxylation is 1. The second-order valence-corrected chi connectivity index (χ2v) is 6.17. The van der Waals surface area contributed by atoms with Gasteiger partial charge in [-0.25, -0.2) is 14.8 Å². The Morgan fingerprint density at radius 1 is 1.32 bits per heavy atom. The Kier molecular flexibility index (Phi) is 5.27. The molecule has 0 fully saturated rings. The Hall–Kier alpha value is -3.46. The van der Waals surface area contributed by atoms with Gasteiger partial charge in [-0.1, -0.05) is 23.7 Å². The lowest BCUT2D eigenvalue weighted by molar-refractivity contribution is -0.385. The zero-order valence-corrected chi connectivity index (χ0v) is 15.9. The molecule has 0 aliphatic carbocycles. The van der Waals surface area contributed by atoms with Gasteiger partial charge >= 0.3 is 5.97 Å². The van der Waals surface area contributed by atoms with Gasteiger partial charge in [-0.2, -0.15) is 0 Å². The number of hydrogen-bond donors (Lipinski definition) is 0. The SMILES string of the molecule is COC(=O)c1nc(-c2ccc(C)c([N+](=O)[O-])c2)nc(N(C)c2ccco2)c1Cl. The van der Waals surface area contributed by atoms with Crippen LogP contribution in [0.25, 0.3) is 11.4 Å². The van der Waals surface area contributed by atoms with Gasteiger partial charge in [0, 0.05) is 30.3 Å². The first-order valence-corrected chi connectivity index (χ1v) is 8.39. The minimum atomic E-state index is -0.760. The molecule has 2 heterocycles. The maximum Gasteiger partial charge on any atom is 0.358 e. The number of rotatable bonds is 5. The number of carbonyl (C=O) groups is 1. The molecule has 0 aliphatic heterocycles. The summed E-state index contributed by atoms with van der Waals surface area (Å²) in [5.41, 5.74) is 0.597. The number of aromatic nitrogens is 2. The normalized spacial score (nSPS) is 10.6. The Labute approximate surface area is 164 Å². The molecule has 0 atom stereocenters. The fraction of sp³-hybridized carbons (Fsp3) is 0.167. The van der Waals surface area contributed by atoms with Crippen molar-refractivity contribution in [1.29, 1.82) is 0 Å². The number of benzene rings is 1. The summed E-state index contributed by atoms with van der Waals surface area (Å²) in [6.07, 6.45) is 1.48. The molecule has 0 saturated heterocycles. The van der Waals surface area contributed by atoms with E-state index in [2.05, 4.69) is 9.97 Å². The van der Waals surface area contributed by atoms with Crippen molar-refractivity contribution in [2.24, 2.45) is 0 Å². The lowest BCUT2D eigenvalue weighted by atomic mass is 10.1. The van der Waals surface area contributed by atoms with E-state index in [9.17, 15) is 14.9 Å². The average Bonchev–Trinajstić information content (AvgIpc) is 3.22. The van der Waals surface area contributed by atoms with E-state index in [0.717, 1.165) is 0 Å². The van der Waals surface area contributed by atoms with E-state index in [1.54, 1.807) is 38.2 Å². The highest BCUT2D eigenvalue weighted by atomic mass is 35.5. The van der Waals surface area contributed by atoms with E-state index >= 15 is 0 Å². The first kappa shape index (κ1) is 19.3. The first-order valence-electron chi connectivity index (χ1n) is 8.02. The Morgan fingerprint density at radius 2 is 2.07 bits per heavy atom. The van der Waals surface area contributed by atoms with Gasteiger partial charge in [0.25, 0.3) is 5.69 Å². The van der Waals surface area contributed by atoms with Crippen molar-refractivity contribution in [2.75, 3.05) is 19.1 Å². The number of nitro benzene ring substituents is 1. The van der Waals surface area contributed by atoms with Crippen LogP contribution in [-0.4, -0.2) is 35.0 Å². The van der Waals surface area contributed by atoms with Gasteiger partial charge in [0.15, 0.2) is 17.3 Å². The van der Waals surface area contributed by atoms with Crippen LogP contribution >= 0.6 is 11.6 Å². The van der Waals surface area contributed by atoms with E-state index in [4.69, 9.17) is 20.8 Å². The minimum Gasteiger partial charge on any atom is -0.464 e. The molecule has 0 bridgehead atoms. The van der Waals surface area contributed by atoms with Gasteiger partial charge in [0.05, 0.1) is 18.3 Å². The number of nitro groups is 1. The molecule has 0 saturated carbocycles. The van der Waals surface area contributed by atoms with Gasteiger partial charge in [-0.3, -0.25) is 15.0 Å². The van der Waals surface area contributed by atoms with Crippen molar-refractivity contribution in [3.63, 3.8) is 0 Å². The highest BCUT2D eigenvalue weighted by molar-refractivity contribution is 6.35. The largest absolute Gasteiger partial charge is 0.464 e.